The van der Waals surface area contributed by atoms with Crippen LogP contribution in [0, 0.1) is 0 Å². The lowest BCUT2D eigenvalue weighted by molar-refractivity contribution is 0.702. The van der Waals surface area contributed by atoms with Crippen LogP contribution in [0.2, 0.25) is 0 Å². The van der Waals surface area contributed by atoms with Crippen molar-refractivity contribution >= 4 is 0 Å². The van der Waals surface area contributed by atoms with Crippen molar-refractivity contribution in [2.24, 2.45) is 11.7 Å². The summed E-state index contributed by atoms with van der Waals surface area (Å²) in [7, 11) is 0. The molecule has 0 aliphatic heterocycles. The Morgan fingerprint density at radius 3 is 1.25 bits per heavy atom. The summed E-state index contributed by atoms with van der Waals surface area (Å²) in [5, 5.41) is 0. The minimum Gasteiger partial charge on any atom is -0.274 e. The van der Waals surface area contributed by atoms with Gasteiger partial charge in [0.05, 0.1) is 0 Å². The predicted molar refractivity (Wildman–Crippen MR) is 38.2 cm³/mol. The van der Waals surface area contributed by atoms with Gasteiger partial charge in [0, 0.05) is 0 Å². The van der Waals surface area contributed by atoms with Crippen LogP contribution in [0.15, 0.2) is 0 Å². The molecule has 0 aromatic heterocycles. The fourth-order valence-electron chi connectivity index (χ4n) is 0.500. The number of hydrazine groups is 1. The Labute approximate surface area is 52.2 Å². The van der Waals surface area contributed by atoms with E-state index in [1.807, 2.05) is 0 Å². The molecular weight excluding hydrogens is 100 g/mol. The number of hydrogen-bond acceptors (Lipinski definition) is 2. The molecule has 2 heteroatoms. The zero-order valence-electron chi connectivity index (χ0n) is 5.98. The van der Waals surface area contributed by atoms with Crippen molar-refractivity contribution in [1.29, 1.82) is 0 Å². The van der Waals surface area contributed by atoms with Gasteiger partial charge in [-0.15, -0.1) is 0 Å². The molecule has 0 heterocycles. The number of unbranched alkanes of at least 4 members (excludes halogenated alkanes) is 3. The van der Waals surface area contributed by atoms with Crippen LogP contribution in [0.25, 0.3) is 0 Å². The Bertz CT molecular complexity index is 18.5. The lowest BCUT2D eigenvalue weighted by Gasteiger charge is -1.86. The molecule has 0 fully saturated rings. The highest BCUT2D eigenvalue weighted by atomic mass is 15.0. The second-order valence-electron chi connectivity index (χ2n) is 1.71. The second-order valence-corrected chi connectivity index (χ2v) is 1.71. The van der Waals surface area contributed by atoms with Gasteiger partial charge >= 0.3 is 0 Å². The topological polar surface area (TPSA) is 52.0 Å². The summed E-state index contributed by atoms with van der Waals surface area (Å²) in [6.45, 7) is 4.46. The van der Waals surface area contributed by atoms with Gasteiger partial charge in [-0.25, -0.2) is 0 Å². The van der Waals surface area contributed by atoms with E-state index in [1.165, 1.54) is 25.7 Å². The molecule has 0 atom stereocenters. The van der Waals surface area contributed by atoms with Crippen LogP contribution in [-0.4, -0.2) is 0 Å². The van der Waals surface area contributed by atoms with E-state index in [0.717, 1.165) is 0 Å². The molecule has 0 aromatic rings. The van der Waals surface area contributed by atoms with E-state index in [0.29, 0.717) is 0 Å². The SMILES string of the molecule is CCCCCC.NN. The Morgan fingerprint density at radius 1 is 0.875 bits per heavy atom. The summed E-state index contributed by atoms with van der Waals surface area (Å²) >= 11 is 0. The molecule has 0 saturated heterocycles. The van der Waals surface area contributed by atoms with E-state index < -0.39 is 0 Å². The van der Waals surface area contributed by atoms with Crippen molar-refractivity contribution < 1.29 is 0 Å². The monoisotopic (exact) mass is 118 g/mol. The smallest absolute Gasteiger partial charge is 0.0536 e. The van der Waals surface area contributed by atoms with Gasteiger partial charge in [-0.2, -0.15) is 0 Å². The van der Waals surface area contributed by atoms with Crippen LogP contribution in [0.5, 0.6) is 0 Å². The predicted octanol–water partition coefficient (Wildman–Crippen LogP) is 1.41. The quantitative estimate of drug-likeness (QED) is 0.334. The van der Waals surface area contributed by atoms with Gasteiger partial charge < -0.3 is 0 Å². The number of nitrogens with two attached hydrogens (primary N) is 2. The fourth-order valence-corrected chi connectivity index (χ4v) is 0.500. The third-order valence-corrected chi connectivity index (χ3v) is 0.957. The van der Waals surface area contributed by atoms with Crippen molar-refractivity contribution in [2.45, 2.75) is 39.5 Å². The summed E-state index contributed by atoms with van der Waals surface area (Å²) in [5.41, 5.74) is 0. The lowest BCUT2D eigenvalue weighted by Crippen LogP contribution is -2.02. The van der Waals surface area contributed by atoms with Crippen molar-refractivity contribution in [1.82, 2.24) is 0 Å². The molecule has 0 radical (unpaired) electrons. The van der Waals surface area contributed by atoms with E-state index >= 15 is 0 Å². The average molecular weight is 118 g/mol. The van der Waals surface area contributed by atoms with Crippen LogP contribution in [-0.2, 0) is 0 Å². The van der Waals surface area contributed by atoms with E-state index in [2.05, 4.69) is 25.5 Å². The molecule has 52 valence electrons. The Balaban J connectivity index is 0. The first-order valence-corrected chi connectivity index (χ1v) is 3.25. The summed E-state index contributed by atoms with van der Waals surface area (Å²) in [4.78, 5) is 0. The lowest BCUT2D eigenvalue weighted by atomic mass is 10.2. The van der Waals surface area contributed by atoms with E-state index in [4.69, 9.17) is 0 Å². The standard InChI is InChI=1S/C6H14.H4N2/c1-3-5-6-4-2;1-2/h3-6H2,1-2H3;1-2H2. The molecule has 0 amide bonds. The van der Waals surface area contributed by atoms with Crippen molar-refractivity contribution in [3.05, 3.63) is 0 Å². The van der Waals surface area contributed by atoms with Crippen LogP contribution < -0.4 is 11.7 Å². The average Bonchev–Trinajstić information content (AvgIpc) is 1.88. The molecule has 0 unspecified atom stereocenters. The van der Waals surface area contributed by atoms with E-state index in [9.17, 15) is 0 Å². The summed E-state index contributed by atoms with van der Waals surface area (Å²) in [5.74, 6) is 8.00. The zero-order valence-corrected chi connectivity index (χ0v) is 5.98. The molecule has 0 rings (SSSR count). The fraction of sp³-hybridized carbons (Fsp3) is 1.00. The Morgan fingerprint density at radius 2 is 1.12 bits per heavy atom. The van der Waals surface area contributed by atoms with Crippen molar-refractivity contribution in [3.8, 4) is 0 Å². The van der Waals surface area contributed by atoms with E-state index in [-0.39, 0.29) is 0 Å². The first-order valence-electron chi connectivity index (χ1n) is 3.25. The van der Waals surface area contributed by atoms with Gasteiger partial charge in [-0.05, 0) is 0 Å². The molecular formula is C6H18N2. The minimum absolute atomic E-state index is 1.36. The maximum absolute atomic E-state index is 4.00. The number of rotatable bonds is 3. The summed E-state index contributed by atoms with van der Waals surface area (Å²) < 4.78 is 0. The molecule has 2 nitrogen and oxygen atoms in total. The molecule has 8 heavy (non-hydrogen) atoms. The summed E-state index contributed by atoms with van der Waals surface area (Å²) in [6.07, 6.45) is 5.54. The molecule has 4 N–H and O–H groups in total. The Kier molecular flexibility index (Phi) is 21.3. The van der Waals surface area contributed by atoms with Gasteiger partial charge in [0.2, 0.25) is 0 Å². The zero-order chi connectivity index (χ0) is 6.83. The van der Waals surface area contributed by atoms with Gasteiger partial charge in [-0.1, -0.05) is 39.5 Å². The minimum atomic E-state index is 1.36. The summed E-state index contributed by atoms with van der Waals surface area (Å²) in [6, 6.07) is 0. The van der Waals surface area contributed by atoms with Crippen LogP contribution in [0.4, 0.5) is 0 Å². The second kappa shape index (κ2) is 15.8. The highest BCUT2D eigenvalue weighted by Crippen LogP contribution is 1.95. The highest BCUT2D eigenvalue weighted by molar-refractivity contribution is 4.31. The van der Waals surface area contributed by atoms with Gasteiger partial charge in [0.25, 0.3) is 0 Å². The number of hydrogen-bond donors (Lipinski definition) is 2. The van der Waals surface area contributed by atoms with E-state index in [1.54, 1.807) is 0 Å². The normalized spacial score (nSPS) is 7.50. The van der Waals surface area contributed by atoms with Crippen molar-refractivity contribution in [3.63, 3.8) is 0 Å². The molecule has 0 aliphatic carbocycles. The Hall–Kier alpha value is -0.0800. The maximum Gasteiger partial charge on any atom is -0.0536 e. The van der Waals surface area contributed by atoms with Crippen molar-refractivity contribution in [2.75, 3.05) is 0 Å². The largest absolute Gasteiger partial charge is 0.274 e. The first kappa shape index (κ1) is 10.8. The molecule has 0 bridgehead atoms. The third-order valence-electron chi connectivity index (χ3n) is 0.957. The molecule has 0 spiro atoms. The van der Waals surface area contributed by atoms with Gasteiger partial charge in [-0.3, -0.25) is 11.7 Å². The molecule has 0 aromatic carbocycles. The first-order chi connectivity index (χ1) is 3.91. The molecule has 0 aliphatic rings. The third kappa shape index (κ3) is 16.8. The van der Waals surface area contributed by atoms with Crippen LogP contribution >= 0.6 is 0 Å². The maximum atomic E-state index is 4.00. The van der Waals surface area contributed by atoms with Gasteiger partial charge in [0.1, 0.15) is 0 Å². The van der Waals surface area contributed by atoms with Crippen LogP contribution in [0.1, 0.15) is 39.5 Å². The van der Waals surface area contributed by atoms with Gasteiger partial charge in [0.15, 0.2) is 0 Å². The van der Waals surface area contributed by atoms with Crippen LogP contribution in [0.3, 0.4) is 0 Å². The highest BCUT2D eigenvalue weighted by Gasteiger charge is 1.75. The molecule has 0 saturated carbocycles.